The molecule has 0 saturated heterocycles. The van der Waals surface area contributed by atoms with Crippen molar-refractivity contribution in [2.75, 3.05) is 5.32 Å². The molecule has 0 fully saturated rings. The summed E-state index contributed by atoms with van der Waals surface area (Å²) in [6.45, 7) is 0. The van der Waals surface area contributed by atoms with Crippen LogP contribution in [0, 0.1) is 0 Å². The number of nitrogens with two attached hydrogens (primary N) is 1. The number of H-pyrrole nitrogens is 1. The molecule has 9 nitrogen and oxygen atoms in total. The van der Waals surface area contributed by atoms with Crippen LogP contribution < -0.4 is 15.2 Å². The third-order valence-electron chi connectivity index (χ3n) is 4.35. The highest BCUT2D eigenvalue weighted by molar-refractivity contribution is 7.89. The minimum absolute atomic E-state index is 0.0208. The maximum Gasteiger partial charge on any atom is 0.416 e. The molecule has 0 aliphatic heterocycles. The van der Waals surface area contributed by atoms with Gasteiger partial charge in [-0.15, -0.1) is 10.2 Å². The number of sulfonamides is 1. The number of nitrogens with zero attached hydrogens (tertiary/aromatic N) is 3. The predicted molar refractivity (Wildman–Crippen MR) is 112 cm³/mol. The van der Waals surface area contributed by atoms with Gasteiger partial charge in [0.2, 0.25) is 16.0 Å². The first-order valence-electron chi connectivity index (χ1n) is 9.22. The maximum absolute atomic E-state index is 12.9. The van der Waals surface area contributed by atoms with Gasteiger partial charge in [-0.25, -0.2) is 13.6 Å². The maximum atomic E-state index is 12.9. The van der Waals surface area contributed by atoms with Crippen molar-refractivity contribution < 1.29 is 26.3 Å². The predicted octanol–water partition coefficient (Wildman–Crippen LogP) is 4.07. The SMILES string of the molecule is NS(=O)(=O)c1cnccc1Oc1ccc(-c2nnc(Nc3cccc(C(F)(F)F)c3)[nH]2)cc1. The van der Waals surface area contributed by atoms with Gasteiger partial charge in [-0.3, -0.25) is 4.98 Å². The van der Waals surface area contributed by atoms with Crippen molar-refractivity contribution in [2.45, 2.75) is 11.1 Å². The standard InChI is InChI=1S/C20H15F3N6O3S/c21-20(22,23)13-2-1-3-14(10-13)26-19-27-18(28-29-19)12-4-6-15(7-5-12)32-16-8-9-25-11-17(16)33(24,30)31/h1-11H,(H2,24,30,31)(H2,26,27,28,29). The van der Waals surface area contributed by atoms with E-state index in [0.29, 0.717) is 17.1 Å². The van der Waals surface area contributed by atoms with Crippen LogP contribution in [0.2, 0.25) is 0 Å². The number of nitrogens with one attached hydrogen (secondary N) is 2. The zero-order valence-corrected chi connectivity index (χ0v) is 17.4. The number of benzene rings is 2. The first-order valence-corrected chi connectivity index (χ1v) is 10.8. The lowest BCUT2D eigenvalue weighted by Gasteiger charge is -2.09. The van der Waals surface area contributed by atoms with Gasteiger partial charge in [0, 0.05) is 23.5 Å². The van der Waals surface area contributed by atoms with Crippen LogP contribution in [0.3, 0.4) is 0 Å². The van der Waals surface area contributed by atoms with Gasteiger partial charge in [0.05, 0.1) is 11.8 Å². The number of alkyl halides is 3. The molecule has 13 heteroatoms. The van der Waals surface area contributed by atoms with E-state index in [1.165, 1.54) is 24.4 Å². The van der Waals surface area contributed by atoms with Crippen molar-refractivity contribution in [3.63, 3.8) is 0 Å². The van der Waals surface area contributed by atoms with Gasteiger partial charge in [-0.1, -0.05) is 6.07 Å². The fourth-order valence-corrected chi connectivity index (χ4v) is 3.43. The van der Waals surface area contributed by atoms with Gasteiger partial charge in [-0.05, 0) is 42.5 Å². The summed E-state index contributed by atoms with van der Waals surface area (Å²) in [7, 11) is -4.02. The fraction of sp³-hybridized carbons (Fsp3) is 0.0500. The number of hydrogen-bond donors (Lipinski definition) is 3. The van der Waals surface area contributed by atoms with Gasteiger partial charge in [0.15, 0.2) is 11.6 Å². The normalized spacial score (nSPS) is 11.9. The average molecular weight is 476 g/mol. The summed E-state index contributed by atoms with van der Waals surface area (Å²) in [5, 5.41) is 15.8. The van der Waals surface area contributed by atoms with E-state index in [9.17, 15) is 21.6 Å². The molecule has 0 aliphatic rings. The van der Waals surface area contributed by atoms with Crippen molar-refractivity contribution in [1.82, 2.24) is 20.2 Å². The Bertz CT molecular complexity index is 1390. The fourth-order valence-electron chi connectivity index (χ4n) is 2.83. The minimum Gasteiger partial charge on any atom is -0.456 e. The lowest BCUT2D eigenvalue weighted by molar-refractivity contribution is -0.137. The van der Waals surface area contributed by atoms with Gasteiger partial charge in [0.1, 0.15) is 10.6 Å². The molecule has 0 amide bonds. The Morgan fingerprint density at radius 3 is 2.48 bits per heavy atom. The molecule has 0 bridgehead atoms. The van der Waals surface area contributed by atoms with Gasteiger partial charge in [0.25, 0.3) is 0 Å². The van der Waals surface area contributed by atoms with Crippen LogP contribution in [0.5, 0.6) is 11.5 Å². The first-order chi connectivity index (χ1) is 15.6. The van der Waals surface area contributed by atoms with Crippen LogP contribution in [0.1, 0.15) is 5.56 Å². The van der Waals surface area contributed by atoms with Crippen LogP contribution in [-0.4, -0.2) is 28.6 Å². The summed E-state index contributed by atoms with van der Waals surface area (Å²) in [4.78, 5) is 6.36. The van der Waals surface area contributed by atoms with E-state index in [4.69, 9.17) is 9.88 Å². The van der Waals surface area contributed by atoms with E-state index in [0.717, 1.165) is 18.3 Å². The van der Waals surface area contributed by atoms with Gasteiger partial charge < -0.3 is 15.0 Å². The van der Waals surface area contributed by atoms with E-state index >= 15 is 0 Å². The summed E-state index contributed by atoms with van der Waals surface area (Å²) in [6.07, 6.45) is -2.00. The summed E-state index contributed by atoms with van der Waals surface area (Å²) in [5.74, 6) is 0.855. The van der Waals surface area contributed by atoms with Crippen molar-refractivity contribution in [1.29, 1.82) is 0 Å². The molecule has 2 heterocycles. The van der Waals surface area contributed by atoms with E-state index in [2.05, 4.69) is 25.5 Å². The number of anilines is 2. The Labute approximate surface area is 185 Å². The number of primary sulfonamides is 1. The number of halogens is 3. The summed E-state index contributed by atoms with van der Waals surface area (Å²) >= 11 is 0. The van der Waals surface area contributed by atoms with Crippen molar-refractivity contribution in [3.05, 3.63) is 72.6 Å². The van der Waals surface area contributed by atoms with E-state index in [1.807, 2.05) is 0 Å². The molecule has 4 aromatic rings. The third kappa shape index (κ3) is 5.27. The highest BCUT2D eigenvalue weighted by Crippen LogP contribution is 2.32. The molecular formula is C20H15F3N6O3S. The van der Waals surface area contributed by atoms with Gasteiger partial charge in [-0.2, -0.15) is 13.2 Å². The molecule has 0 atom stereocenters. The number of aromatic nitrogens is 4. The topological polar surface area (TPSA) is 136 Å². The lowest BCUT2D eigenvalue weighted by Crippen LogP contribution is -2.13. The lowest BCUT2D eigenvalue weighted by atomic mass is 10.2. The molecule has 0 unspecified atom stereocenters. The highest BCUT2D eigenvalue weighted by Gasteiger charge is 2.30. The van der Waals surface area contributed by atoms with Crippen LogP contribution in [-0.2, 0) is 16.2 Å². The molecule has 2 aromatic heterocycles. The average Bonchev–Trinajstić information content (AvgIpc) is 3.22. The zero-order chi connectivity index (χ0) is 23.6. The van der Waals surface area contributed by atoms with E-state index in [-0.39, 0.29) is 22.3 Å². The molecular weight excluding hydrogens is 461 g/mol. The Morgan fingerprint density at radius 1 is 1.03 bits per heavy atom. The number of ether oxygens (including phenoxy) is 1. The Kier molecular flexibility index (Phi) is 5.74. The summed E-state index contributed by atoms with van der Waals surface area (Å²) in [5.41, 5.74) is 0.00948. The monoisotopic (exact) mass is 476 g/mol. The second-order valence-electron chi connectivity index (χ2n) is 6.72. The Hall–Kier alpha value is -3.97. The van der Waals surface area contributed by atoms with Crippen LogP contribution in [0.25, 0.3) is 11.4 Å². The minimum atomic E-state index is -4.46. The Morgan fingerprint density at radius 2 is 1.79 bits per heavy atom. The van der Waals surface area contributed by atoms with Crippen LogP contribution in [0.4, 0.5) is 24.8 Å². The largest absolute Gasteiger partial charge is 0.456 e. The zero-order valence-electron chi connectivity index (χ0n) is 16.5. The molecule has 0 aliphatic carbocycles. The van der Waals surface area contributed by atoms with Crippen molar-refractivity contribution >= 4 is 21.7 Å². The molecule has 0 radical (unpaired) electrons. The molecule has 0 spiro atoms. The van der Waals surface area contributed by atoms with E-state index in [1.54, 1.807) is 24.3 Å². The highest BCUT2D eigenvalue weighted by atomic mass is 32.2. The molecule has 4 rings (SSSR count). The molecule has 2 aromatic carbocycles. The second-order valence-corrected chi connectivity index (χ2v) is 8.25. The van der Waals surface area contributed by atoms with Gasteiger partial charge >= 0.3 is 6.18 Å². The quantitative estimate of drug-likeness (QED) is 0.382. The van der Waals surface area contributed by atoms with E-state index < -0.39 is 21.8 Å². The third-order valence-corrected chi connectivity index (χ3v) is 5.27. The number of rotatable bonds is 6. The summed E-state index contributed by atoms with van der Waals surface area (Å²) < 4.78 is 67.5. The number of hydrogen-bond acceptors (Lipinski definition) is 7. The number of pyridine rings is 1. The van der Waals surface area contributed by atoms with Crippen molar-refractivity contribution in [3.8, 4) is 22.9 Å². The first kappa shape index (κ1) is 22.2. The van der Waals surface area contributed by atoms with Crippen LogP contribution >= 0.6 is 0 Å². The molecule has 0 saturated carbocycles. The molecule has 170 valence electrons. The smallest absolute Gasteiger partial charge is 0.416 e. The van der Waals surface area contributed by atoms with Crippen LogP contribution in [0.15, 0.2) is 71.9 Å². The molecule has 4 N–H and O–H groups in total. The van der Waals surface area contributed by atoms with Crippen molar-refractivity contribution in [2.24, 2.45) is 5.14 Å². The molecule has 33 heavy (non-hydrogen) atoms. The summed E-state index contributed by atoms with van der Waals surface area (Å²) in [6, 6.07) is 12.5. The number of aromatic amines is 1. The second kappa shape index (κ2) is 8.52. The Balaban J connectivity index is 1.49.